The van der Waals surface area contributed by atoms with Crippen LogP contribution in [0.3, 0.4) is 0 Å². The van der Waals surface area contributed by atoms with Gasteiger partial charge in [0, 0.05) is 12.7 Å². The lowest BCUT2D eigenvalue weighted by atomic mass is 9.90. The van der Waals surface area contributed by atoms with Crippen molar-refractivity contribution in [2.45, 2.75) is 32.8 Å². The highest BCUT2D eigenvalue weighted by Crippen LogP contribution is 2.23. The van der Waals surface area contributed by atoms with Gasteiger partial charge in [0.2, 0.25) is 0 Å². The quantitative estimate of drug-likeness (QED) is 0.734. The predicted octanol–water partition coefficient (Wildman–Crippen LogP) is 3.13. The Kier molecular flexibility index (Phi) is 3.81. The summed E-state index contributed by atoms with van der Waals surface area (Å²) in [4.78, 5) is 12.2. The van der Waals surface area contributed by atoms with Crippen LogP contribution in [0.25, 0.3) is 0 Å². The summed E-state index contributed by atoms with van der Waals surface area (Å²) >= 11 is 0. The van der Waals surface area contributed by atoms with Crippen molar-refractivity contribution < 1.29 is 13.9 Å². The Morgan fingerprint density at radius 1 is 1.50 bits per heavy atom. The van der Waals surface area contributed by atoms with Gasteiger partial charge in [0.15, 0.2) is 5.78 Å². The molecule has 0 aliphatic rings. The smallest absolute Gasteiger partial charge is 0.194 e. The summed E-state index contributed by atoms with van der Waals surface area (Å²) in [5.74, 6) is -0.571. The van der Waals surface area contributed by atoms with Gasteiger partial charge in [-0.2, -0.15) is 0 Å². The molecule has 3 heteroatoms. The number of hydrogen-bond acceptors (Lipinski definition) is 2. The zero-order chi connectivity index (χ0) is 12.3. The van der Waals surface area contributed by atoms with Crippen molar-refractivity contribution in [3.63, 3.8) is 0 Å². The molecule has 1 aromatic carbocycles. The van der Waals surface area contributed by atoms with E-state index in [2.05, 4.69) is 0 Å². The molecule has 0 radical (unpaired) electrons. The minimum absolute atomic E-state index is 0.172. The molecule has 0 N–H and O–H groups in total. The van der Waals surface area contributed by atoms with Crippen LogP contribution >= 0.6 is 0 Å². The molecule has 0 aliphatic heterocycles. The third-order valence-electron chi connectivity index (χ3n) is 3.05. The number of ether oxygens (including phenoxy) is 1. The first-order chi connectivity index (χ1) is 7.44. The Bertz CT molecular complexity index is 395. The fourth-order valence-corrected chi connectivity index (χ4v) is 1.52. The SMILES string of the molecule is CCC(C)(OC)C(=O)c1cc(F)ccc1C. The zero-order valence-corrected chi connectivity index (χ0v) is 10.1. The highest BCUT2D eigenvalue weighted by molar-refractivity contribution is 6.03. The van der Waals surface area contributed by atoms with E-state index in [4.69, 9.17) is 4.74 Å². The van der Waals surface area contributed by atoms with Crippen LogP contribution in [0.2, 0.25) is 0 Å². The molecule has 1 aromatic rings. The number of rotatable bonds is 4. The molecule has 0 saturated heterocycles. The maximum atomic E-state index is 13.1. The van der Waals surface area contributed by atoms with Gasteiger partial charge in [-0.05, 0) is 38.0 Å². The van der Waals surface area contributed by atoms with Crippen molar-refractivity contribution in [3.05, 3.63) is 35.1 Å². The largest absolute Gasteiger partial charge is 0.370 e. The van der Waals surface area contributed by atoms with Crippen LogP contribution < -0.4 is 0 Å². The summed E-state index contributed by atoms with van der Waals surface area (Å²) in [5.41, 5.74) is 0.285. The van der Waals surface area contributed by atoms with Gasteiger partial charge in [-0.15, -0.1) is 0 Å². The van der Waals surface area contributed by atoms with E-state index < -0.39 is 11.4 Å². The van der Waals surface area contributed by atoms with E-state index in [1.807, 2.05) is 6.92 Å². The van der Waals surface area contributed by atoms with Gasteiger partial charge in [0.05, 0.1) is 0 Å². The third kappa shape index (κ3) is 2.30. The lowest BCUT2D eigenvalue weighted by molar-refractivity contribution is 0.0105. The normalized spacial score (nSPS) is 14.6. The Morgan fingerprint density at radius 2 is 2.12 bits per heavy atom. The van der Waals surface area contributed by atoms with Crippen molar-refractivity contribution in [3.8, 4) is 0 Å². The Hall–Kier alpha value is -1.22. The Balaban J connectivity index is 3.18. The second kappa shape index (κ2) is 4.74. The van der Waals surface area contributed by atoms with Crippen molar-refractivity contribution in [2.75, 3.05) is 7.11 Å². The zero-order valence-electron chi connectivity index (χ0n) is 10.1. The van der Waals surface area contributed by atoms with E-state index in [1.54, 1.807) is 19.9 Å². The molecule has 0 aromatic heterocycles. The fraction of sp³-hybridized carbons (Fsp3) is 0.462. The van der Waals surface area contributed by atoms with Gasteiger partial charge in [-0.3, -0.25) is 4.79 Å². The molecule has 0 spiro atoms. The molecule has 88 valence electrons. The number of methoxy groups -OCH3 is 1. The molecule has 0 heterocycles. The standard InChI is InChI=1S/C13H17FO2/c1-5-13(3,16-4)12(15)11-8-10(14)7-6-9(11)2/h6-8H,5H2,1-4H3. The first-order valence-corrected chi connectivity index (χ1v) is 5.30. The van der Waals surface area contributed by atoms with Crippen LogP contribution in [0.1, 0.15) is 36.2 Å². The van der Waals surface area contributed by atoms with E-state index in [-0.39, 0.29) is 5.78 Å². The molecule has 1 unspecified atom stereocenters. The average molecular weight is 224 g/mol. The van der Waals surface area contributed by atoms with Crippen molar-refractivity contribution in [1.29, 1.82) is 0 Å². The molecule has 0 bridgehead atoms. The molecule has 0 amide bonds. The van der Waals surface area contributed by atoms with Gasteiger partial charge in [0.1, 0.15) is 11.4 Å². The maximum absolute atomic E-state index is 13.1. The lowest BCUT2D eigenvalue weighted by Gasteiger charge is -2.25. The van der Waals surface area contributed by atoms with Gasteiger partial charge >= 0.3 is 0 Å². The monoisotopic (exact) mass is 224 g/mol. The third-order valence-corrected chi connectivity index (χ3v) is 3.05. The summed E-state index contributed by atoms with van der Waals surface area (Å²) < 4.78 is 18.3. The molecule has 0 aliphatic carbocycles. The summed E-state index contributed by atoms with van der Waals surface area (Å²) in [5, 5.41) is 0. The molecule has 1 rings (SSSR count). The van der Waals surface area contributed by atoms with Crippen LogP contribution in [0, 0.1) is 12.7 Å². The number of Topliss-reactive ketones (excluding diaryl/α,β-unsaturated/α-hetero) is 1. The van der Waals surface area contributed by atoms with Crippen LogP contribution in [0.5, 0.6) is 0 Å². The van der Waals surface area contributed by atoms with E-state index in [1.165, 1.54) is 19.2 Å². The second-order valence-electron chi connectivity index (χ2n) is 4.08. The number of hydrogen-bond donors (Lipinski definition) is 0. The van der Waals surface area contributed by atoms with Gasteiger partial charge in [-0.1, -0.05) is 13.0 Å². The Morgan fingerprint density at radius 3 is 2.62 bits per heavy atom. The van der Waals surface area contributed by atoms with Crippen molar-refractivity contribution in [1.82, 2.24) is 0 Å². The van der Waals surface area contributed by atoms with Crippen molar-refractivity contribution >= 4 is 5.78 Å². The van der Waals surface area contributed by atoms with Crippen LogP contribution in [-0.2, 0) is 4.74 Å². The van der Waals surface area contributed by atoms with E-state index in [0.717, 1.165) is 5.56 Å². The topological polar surface area (TPSA) is 26.3 Å². The van der Waals surface area contributed by atoms with Gasteiger partial charge < -0.3 is 4.74 Å². The van der Waals surface area contributed by atoms with Crippen LogP contribution in [-0.4, -0.2) is 18.5 Å². The summed E-state index contributed by atoms with van der Waals surface area (Å²) in [7, 11) is 1.50. The van der Waals surface area contributed by atoms with E-state index in [9.17, 15) is 9.18 Å². The maximum Gasteiger partial charge on any atom is 0.194 e. The summed E-state index contributed by atoms with van der Waals surface area (Å²) in [6.07, 6.45) is 0.554. The number of carbonyl (C=O) groups is 1. The van der Waals surface area contributed by atoms with Crippen LogP contribution in [0.4, 0.5) is 4.39 Å². The molecular weight excluding hydrogens is 207 g/mol. The molecule has 16 heavy (non-hydrogen) atoms. The van der Waals surface area contributed by atoms with Gasteiger partial charge in [0.25, 0.3) is 0 Å². The summed E-state index contributed by atoms with van der Waals surface area (Å²) in [6, 6.07) is 4.22. The van der Waals surface area contributed by atoms with Crippen LogP contribution in [0.15, 0.2) is 18.2 Å². The highest BCUT2D eigenvalue weighted by Gasteiger charge is 2.32. The first kappa shape index (κ1) is 12.8. The molecular formula is C13H17FO2. The number of ketones is 1. The average Bonchev–Trinajstić information content (AvgIpc) is 2.30. The fourth-order valence-electron chi connectivity index (χ4n) is 1.52. The Labute approximate surface area is 95.4 Å². The molecule has 1 atom stereocenters. The highest BCUT2D eigenvalue weighted by atomic mass is 19.1. The van der Waals surface area contributed by atoms with E-state index in [0.29, 0.717) is 12.0 Å². The lowest BCUT2D eigenvalue weighted by Crippen LogP contribution is -2.37. The number of benzene rings is 1. The summed E-state index contributed by atoms with van der Waals surface area (Å²) in [6.45, 7) is 5.38. The van der Waals surface area contributed by atoms with E-state index >= 15 is 0 Å². The molecule has 0 saturated carbocycles. The first-order valence-electron chi connectivity index (χ1n) is 5.30. The molecule has 2 nitrogen and oxygen atoms in total. The minimum atomic E-state index is -0.876. The van der Waals surface area contributed by atoms with Crippen molar-refractivity contribution in [2.24, 2.45) is 0 Å². The molecule has 0 fully saturated rings. The van der Waals surface area contributed by atoms with Gasteiger partial charge in [-0.25, -0.2) is 4.39 Å². The number of carbonyl (C=O) groups excluding carboxylic acids is 1. The number of halogens is 1. The minimum Gasteiger partial charge on any atom is -0.370 e. The second-order valence-corrected chi connectivity index (χ2v) is 4.08. The number of aryl methyl sites for hydroxylation is 1. The predicted molar refractivity (Wildman–Crippen MR) is 61.2 cm³/mol.